The lowest BCUT2D eigenvalue weighted by Gasteiger charge is -2.34. The molecule has 1 unspecified atom stereocenters. The number of nitrogens with zero attached hydrogens (tertiary/aromatic N) is 2. The predicted octanol–water partition coefficient (Wildman–Crippen LogP) is 2.28. The Morgan fingerprint density at radius 1 is 1.14 bits per heavy atom. The third kappa shape index (κ3) is 2.39. The summed E-state index contributed by atoms with van der Waals surface area (Å²) < 4.78 is 7.18. The standard InChI is InChI=1S/C17H18N2O3/c1-12-15-4-3-9-18(15)10-11-19(12)17(21)16(20)13-5-7-14(22-2)8-6-13/h3-9,12H,10-11H2,1-2H3. The molecule has 1 aliphatic heterocycles. The van der Waals surface area contributed by atoms with E-state index in [-0.39, 0.29) is 6.04 Å². The second-order valence-electron chi connectivity index (χ2n) is 5.36. The van der Waals surface area contributed by atoms with Gasteiger partial charge >= 0.3 is 0 Å². The Bertz CT molecular complexity index is 703. The molecule has 0 fully saturated rings. The van der Waals surface area contributed by atoms with E-state index >= 15 is 0 Å². The molecule has 2 heterocycles. The summed E-state index contributed by atoms with van der Waals surface area (Å²) in [5, 5.41) is 0. The molecule has 0 N–H and O–H groups in total. The van der Waals surface area contributed by atoms with Crippen molar-refractivity contribution in [2.45, 2.75) is 19.5 Å². The summed E-state index contributed by atoms with van der Waals surface area (Å²) >= 11 is 0. The second kappa shape index (κ2) is 5.67. The van der Waals surface area contributed by atoms with Crippen LogP contribution >= 0.6 is 0 Å². The summed E-state index contributed by atoms with van der Waals surface area (Å²) in [6.45, 7) is 3.21. The number of fused-ring (bicyclic) bond motifs is 1. The van der Waals surface area contributed by atoms with E-state index in [0.29, 0.717) is 24.4 Å². The van der Waals surface area contributed by atoms with Crippen LogP contribution in [0.25, 0.3) is 0 Å². The van der Waals surface area contributed by atoms with Gasteiger partial charge in [0.1, 0.15) is 5.75 Å². The van der Waals surface area contributed by atoms with Gasteiger partial charge in [0.05, 0.1) is 13.2 Å². The van der Waals surface area contributed by atoms with E-state index in [1.165, 1.54) is 0 Å². The van der Waals surface area contributed by atoms with Crippen molar-refractivity contribution in [1.29, 1.82) is 0 Å². The molecule has 3 rings (SSSR count). The molecule has 0 saturated carbocycles. The molecule has 2 aromatic rings. The maximum absolute atomic E-state index is 12.5. The van der Waals surface area contributed by atoms with Crippen LogP contribution in [0.1, 0.15) is 29.0 Å². The number of Topliss-reactive ketones (excluding diaryl/α,β-unsaturated/α-hetero) is 1. The number of ether oxygens (including phenoxy) is 1. The average molecular weight is 298 g/mol. The number of carbonyl (C=O) groups is 2. The first kappa shape index (κ1) is 14.4. The molecule has 0 bridgehead atoms. The van der Waals surface area contributed by atoms with Crippen molar-refractivity contribution in [1.82, 2.24) is 9.47 Å². The maximum Gasteiger partial charge on any atom is 0.295 e. The van der Waals surface area contributed by atoms with Crippen molar-refractivity contribution in [2.24, 2.45) is 0 Å². The van der Waals surface area contributed by atoms with Gasteiger partial charge in [0.15, 0.2) is 0 Å². The highest BCUT2D eigenvalue weighted by atomic mass is 16.5. The van der Waals surface area contributed by atoms with Crippen LogP contribution in [0.2, 0.25) is 0 Å². The first-order valence-corrected chi connectivity index (χ1v) is 7.26. The molecule has 0 saturated heterocycles. The molecule has 5 heteroatoms. The molecule has 1 amide bonds. The third-order valence-electron chi connectivity index (χ3n) is 4.15. The number of hydrogen-bond acceptors (Lipinski definition) is 3. The van der Waals surface area contributed by atoms with Gasteiger partial charge in [-0.25, -0.2) is 0 Å². The zero-order valence-corrected chi connectivity index (χ0v) is 12.7. The van der Waals surface area contributed by atoms with Gasteiger partial charge in [0.25, 0.3) is 5.91 Å². The van der Waals surface area contributed by atoms with E-state index in [1.807, 2.05) is 25.3 Å². The number of hydrogen-bond donors (Lipinski definition) is 0. The van der Waals surface area contributed by atoms with E-state index in [0.717, 1.165) is 5.69 Å². The summed E-state index contributed by atoms with van der Waals surface area (Å²) in [7, 11) is 1.56. The lowest BCUT2D eigenvalue weighted by atomic mass is 10.1. The minimum atomic E-state index is -0.477. The van der Waals surface area contributed by atoms with Gasteiger partial charge in [-0.15, -0.1) is 0 Å². The quantitative estimate of drug-likeness (QED) is 0.645. The molecule has 1 atom stereocenters. The molecule has 0 radical (unpaired) electrons. The molecule has 1 aromatic carbocycles. The summed E-state index contributed by atoms with van der Waals surface area (Å²) in [5.74, 6) is -0.271. The molecular formula is C17H18N2O3. The molecule has 22 heavy (non-hydrogen) atoms. The first-order chi connectivity index (χ1) is 10.6. The van der Waals surface area contributed by atoms with Crippen molar-refractivity contribution in [2.75, 3.05) is 13.7 Å². The van der Waals surface area contributed by atoms with E-state index in [1.54, 1.807) is 36.3 Å². The molecule has 0 spiro atoms. The van der Waals surface area contributed by atoms with Crippen LogP contribution in [-0.4, -0.2) is 34.8 Å². The highest BCUT2D eigenvalue weighted by Crippen LogP contribution is 2.26. The van der Waals surface area contributed by atoms with Crippen LogP contribution < -0.4 is 4.74 Å². The number of benzene rings is 1. The fourth-order valence-corrected chi connectivity index (χ4v) is 2.85. The van der Waals surface area contributed by atoms with Crippen LogP contribution in [0.15, 0.2) is 42.6 Å². The van der Waals surface area contributed by atoms with Gasteiger partial charge in [-0.3, -0.25) is 9.59 Å². The fraction of sp³-hybridized carbons (Fsp3) is 0.294. The van der Waals surface area contributed by atoms with E-state index < -0.39 is 11.7 Å². The van der Waals surface area contributed by atoms with Gasteiger partial charge in [0.2, 0.25) is 5.78 Å². The summed E-state index contributed by atoms with van der Waals surface area (Å²) in [6.07, 6.45) is 2.00. The lowest BCUT2D eigenvalue weighted by molar-refractivity contribution is -0.129. The Morgan fingerprint density at radius 3 is 2.55 bits per heavy atom. The number of carbonyl (C=O) groups excluding carboxylic acids is 2. The Kier molecular flexibility index (Phi) is 3.71. The Balaban J connectivity index is 1.80. The van der Waals surface area contributed by atoms with Crippen molar-refractivity contribution < 1.29 is 14.3 Å². The van der Waals surface area contributed by atoms with Crippen LogP contribution in [-0.2, 0) is 11.3 Å². The molecule has 1 aliphatic rings. The molecular weight excluding hydrogens is 280 g/mol. The van der Waals surface area contributed by atoms with E-state index in [2.05, 4.69) is 4.57 Å². The monoisotopic (exact) mass is 298 g/mol. The average Bonchev–Trinajstić information content (AvgIpc) is 3.03. The highest BCUT2D eigenvalue weighted by molar-refractivity contribution is 6.42. The van der Waals surface area contributed by atoms with Gasteiger partial charge in [-0.1, -0.05) is 0 Å². The minimum Gasteiger partial charge on any atom is -0.497 e. The van der Waals surface area contributed by atoms with Crippen molar-refractivity contribution in [3.8, 4) is 5.75 Å². The Morgan fingerprint density at radius 2 is 1.86 bits per heavy atom. The molecule has 114 valence electrons. The third-order valence-corrected chi connectivity index (χ3v) is 4.15. The topological polar surface area (TPSA) is 51.5 Å². The van der Waals surface area contributed by atoms with Crippen molar-refractivity contribution in [3.63, 3.8) is 0 Å². The number of rotatable bonds is 3. The van der Waals surface area contributed by atoms with Crippen LogP contribution in [0.3, 0.4) is 0 Å². The number of amides is 1. The van der Waals surface area contributed by atoms with Gasteiger partial charge < -0.3 is 14.2 Å². The smallest absolute Gasteiger partial charge is 0.295 e. The van der Waals surface area contributed by atoms with Gasteiger partial charge in [-0.2, -0.15) is 0 Å². The van der Waals surface area contributed by atoms with Crippen molar-refractivity contribution >= 4 is 11.7 Å². The minimum absolute atomic E-state index is 0.0987. The van der Waals surface area contributed by atoms with Gasteiger partial charge in [-0.05, 0) is 43.3 Å². The lowest BCUT2D eigenvalue weighted by Crippen LogP contribution is -2.44. The predicted molar refractivity (Wildman–Crippen MR) is 81.9 cm³/mol. The van der Waals surface area contributed by atoms with E-state index in [4.69, 9.17) is 4.74 Å². The highest BCUT2D eigenvalue weighted by Gasteiger charge is 2.31. The number of aromatic nitrogens is 1. The molecule has 5 nitrogen and oxygen atoms in total. The SMILES string of the molecule is COc1ccc(C(=O)C(=O)N2CCn3cccc3C2C)cc1. The fourth-order valence-electron chi connectivity index (χ4n) is 2.85. The normalized spacial score (nSPS) is 17.0. The summed E-state index contributed by atoms with van der Waals surface area (Å²) in [6, 6.07) is 10.5. The Labute approximate surface area is 129 Å². The van der Waals surface area contributed by atoms with Crippen LogP contribution in [0.4, 0.5) is 0 Å². The van der Waals surface area contributed by atoms with Gasteiger partial charge in [0, 0.05) is 30.5 Å². The second-order valence-corrected chi connectivity index (χ2v) is 5.36. The zero-order valence-electron chi connectivity index (χ0n) is 12.7. The number of ketones is 1. The first-order valence-electron chi connectivity index (χ1n) is 7.26. The Hall–Kier alpha value is -2.56. The van der Waals surface area contributed by atoms with Crippen LogP contribution in [0, 0.1) is 0 Å². The summed E-state index contributed by atoms with van der Waals surface area (Å²) in [4.78, 5) is 26.6. The molecule has 1 aromatic heterocycles. The zero-order chi connectivity index (χ0) is 15.7. The largest absolute Gasteiger partial charge is 0.497 e. The van der Waals surface area contributed by atoms with Crippen LogP contribution in [0.5, 0.6) is 5.75 Å². The number of methoxy groups -OCH3 is 1. The molecule has 0 aliphatic carbocycles. The maximum atomic E-state index is 12.5. The summed E-state index contributed by atoms with van der Waals surface area (Å²) in [5.41, 5.74) is 1.45. The van der Waals surface area contributed by atoms with Crippen molar-refractivity contribution in [3.05, 3.63) is 53.9 Å². The van der Waals surface area contributed by atoms with E-state index in [9.17, 15) is 9.59 Å².